The van der Waals surface area contributed by atoms with Crippen molar-refractivity contribution < 1.29 is 14.3 Å². The molecule has 0 heterocycles. The number of hydrogen-bond donors (Lipinski definition) is 1. The highest BCUT2D eigenvalue weighted by molar-refractivity contribution is 7.80. The minimum Gasteiger partial charge on any atom is -0.438 e. The van der Waals surface area contributed by atoms with Gasteiger partial charge in [-0.05, 0) is 54.1 Å². The monoisotopic (exact) mass is 382 g/mol. The number of esters is 1. The van der Waals surface area contributed by atoms with Crippen molar-refractivity contribution in [1.82, 2.24) is 0 Å². The second-order valence-electron chi connectivity index (χ2n) is 7.43. The van der Waals surface area contributed by atoms with E-state index in [1.54, 1.807) is 0 Å². The van der Waals surface area contributed by atoms with Gasteiger partial charge in [0.15, 0.2) is 6.79 Å². The van der Waals surface area contributed by atoms with Crippen LogP contribution in [0.4, 0.5) is 0 Å². The zero-order chi connectivity index (χ0) is 19.6. The highest BCUT2D eigenvalue weighted by Crippen LogP contribution is 2.35. The fourth-order valence-electron chi connectivity index (χ4n) is 3.10. The molecule has 0 aliphatic rings. The molecule has 0 aliphatic carbocycles. The Bertz CT molecular complexity index is 978. The second-order valence-corrected chi connectivity index (χ2v) is 7.91. The summed E-state index contributed by atoms with van der Waals surface area (Å²) >= 11 is 4.75. The highest BCUT2D eigenvalue weighted by atomic mass is 32.1. The third-order valence-electron chi connectivity index (χ3n) is 5.15. The third-order valence-corrected chi connectivity index (χ3v) is 5.50. The van der Waals surface area contributed by atoms with Gasteiger partial charge in [0, 0.05) is 10.3 Å². The van der Waals surface area contributed by atoms with Crippen LogP contribution in [0.2, 0.25) is 0 Å². The van der Waals surface area contributed by atoms with E-state index in [9.17, 15) is 4.79 Å². The Morgan fingerprint density at radius 1 is 1.11 bits per heavy atom. The zero-order valence-electron chi connectivity index (χ0n) is 16.3. The maximum Gasteiger partial charge on any atom is 0.310 e. The van der Waals surface area contributed by atoms with Gasteiger partial charge in [0.1, 0.15) is 0 Å². The first-order valence-electron chi connectivity index (χ1n) is 9.29. The summed E-state index contributed by atoms with van der Waals surface area (Å²) < 4.78 is 11.1. The lowest BCUT2D eigenvalue weighted by Gasteiger charge is -2.27. The number of benzene rings is 3. The van der Waals surface area contributed by atoms with E-state index >= 15 is 0 Å². The van der Waals surface area contributed by atoms with E-state index in [0.29, 0.717) is 0 Å². The molecule has 0 amide bonds. The number of hydrogen-bond acceptors (Lipinski definition) is 4. The molecule has 1 unspecified atom stereocenters. The number of carbonyl (C=O) groups excluding carboxylic acids is 1. The molecule has 27 heavy (non-hydrogen) atoms. The first kappa shape index (κ1) is 19.7. The summed E-state index contributed by atoms with van der Waals surface area (Å²) in [5.41, 5.74) is 0.391. The van der Waals surface area contributed by atoms with Gasteiger partial charge in [0.2, 0.25) is 0 Å². The summed E-state index contributed by atoms with van der Waals surface area (Å²) in [4.78, 5) is 12.7. The van der Waals surface area contributed by atoms with Crippen molar-refractivity contribution >= 4 is 40.1 Å². The standard InChI is InChI=1S/C23H26O3S/c1-5-15(2)22(24)25-14-26-23(3,4)18-12-17-11-10-16-8-6-7-9-19(16)21(17)20(27)13-18/h6-13,15,27H,5,14H2,1-4H3. The van der Waals surface area contributed by atoms with Gasteiger partial charge in [0.25, 0.3) is 0 Å². The van der Waals surface area contributed by atoms with Crippen LogP contribution in [0.1, 0.15) is 39.7 Å². The molecule has 3 aromatic carbocycles. The van der Waals surface area contributed by atoms with E-state index in [4.69, 9.17) is 22.1 Å². The summed E-state index contributed by atoms with van der Waals surface area (Å²) in [6.45, 7) is 7.70. The lowest BCUT2D eigenvalue weighted by atomic mass is 9.93. The molecule has 0 N–H and O–H groups in total. The minimum absolute atomic E-state index is 0.0617. The summed E-state index contributed by atoms with van der Waals surface area (Å²) in [6, 6.07) is 16.7. The van der Waals surface area contributed by atoms with Gasteiger partial charge < -0.3 is 9.47 Å². The average Bonchev–Trinajstić information content (AvgIpc) is 2.66. The first-order chi connectivity index (χ1) is 12.8. The first-order valence-corrected chi connectivity index (χ1v) is 9.73. The molecule has 0 saturated heterocycles. The van der Waals surface area contributed by atoms with Crippen LogP contribution >= 0.6 is 12.6 Å². The molecule has 0 bridgehead atoms. The molecule has 4 heteroatoms. The molecule has 0 fully saturated rings. The predicted molar refractivity (Wildman–Crippen MR) is 113 cm³/mol. The van der Waals surface area contributed by atoms with E-state index in [1.165, 1.54) is 10.8 Å². The Morgan fingerprint density at radius 3 is 2.56 bits per heavy atom. The molecule has 0 saturated carbocycles. The van der Waals surface area contributed by atoms with Gasteiger partial charge in [-0.3, -0.25) is 4.79 Å². The Labute approximate surface area is 166 Å². The molecule has 0 aliphatic heterocycles. The molecule has 0 radical (unpaired) electrons. The van der Waals surface area contributed by atoms with Crippen molar-refractivity contribution in [3.63, 3.8) is 0 Å². The topological polar surface area (TPSA) is 35.5 Å². The normalized spacial score (nSPS) is 13.1. The molecule has 1 atom stereocenters. The van der Waals surface area contributed by atoms with Crippen molar-refractivity contribution in [3.8, 4) is 0 Å². The minimum atomic E-state index is -0.604. The van der Waals surface area contributed by atoms with Gasteiger partial charge in [-0.15, -0.1) is 12.6 Å². The van der Waals surface area contributed by atoms with Crippen molar-refractivity contribution in [2.24, 2.45) is 5.92 Å². The maximum absolute atomic E-state index is 11.8. The molecule has 3 rings (SSSR count). The number of ether oxygens (including phenoxy) is 2. The van der Waals surface area contributed by atoms with Crippen LogP contribution < -0.4 is 0 Å². The van der Waals surface area contributed by atoms with E-state index in [1.807, 2.05) is 45.9 Å². The Morgan fingerprint density at radius 2 is 1.81 bits per heavy atom. The quantitative estimate of drug-likeness (QED) is 0.243. The summed E-state index contributed by atoms with van der Waals surface area (Å²) in [7, 11) is 0. The molecule has 3 aromatic rings. The van der Waals surface area contributed by atoms with Crippen molar-refractivity contribution in [1.29, 1.82) is 0 Å². The molecule has 3 nitrogen and oxygen atoms in total. The predicted octanol–water partition coefficient (Wildman–Crippen LogP) is 6.08. The SMILES string of the molecule is CCC(C)C(=O)OCOC(C)(C)c1cc(S)c2c(ccc3ccccc32)c1. The van der Waals surface area contributed by atoms with Crippen molar-refractivity contribution in [2.75, 3.05) is 6.79 Å². The summed E-state index contributed by atoms with van der Waals surface area (Å²) in [5.74, 6) is -0.345. The van der Waals surface area contributed by atoms with Gasteiger partial charge in [-0.25, -0.2) is 0 Å². The van der Waals surface area contributed by atoms with E-state index in [-0.39, 0.29) is 18.7 Å². The van der Waals surface area contributed by atoms with Gasteiger partial charge in [-0.1, -0.05) is 50.2 Å². The van der Waals surface area contributed by atoms with Crippen LogP contribution in [0.15, 0.2) is 53.4 Å². The van der Waals surface area contributed by atoms with Crippen LogP contribution in [0.25, 0.3) is 21.5 Å². The van der Waals surface area contributed by atoms with Gasteiger partial charge in [0.05, 0.1) is 11.5 Å². The Kier molecular flexibility index (Phi) is 5.78. The van der Waals surface area contributed by atoms with Crippen LogP contribution in [0.5, 0.6) is 0 Å². The number of rotatable bonds is 6. The molecule has 0 aromatic heterocycles. The number of carbonyl (C=O) groups is 1. The summed E-state index contributed by atoms with van der Waals surface area (Å²) in [5, 5.41) is 4.64. The number of fused-ring (bicyclic) bond motifs is 3. The van der Waals surface area contributed by atoms with Crippen LogP contribution in [-0.2, 0) is 19.9 Å². The fourth-order valence-corrected chi connectivity index (χ4v) is 3.49. The number of thiol groups is 1. The van der Waals surface area contributed by atoms with Gasteiger partial charge in [-0.2, -0.15) is 0 Å². The van der Waals surface area contributed by atoms with E-state index < -0.39 is 5.60 Å². The maximum atomic E-state index is 11.8. The Balaban J connectivity index is 1.87. The van der Waals surface area contributed by atoms with Gasteiger partial charge >= 0.3 is 5.97 Å². The summed E-state index contributed by atoms with van der Waals surface area (Å²) in [6.07, 6.45) is 0.754. The second kappa shape index (κ2) is 7.91. The highest BCUT2D eigenvalue weighted by Gasteiger charge is 2.24. The lowest BCUT2D eigenvalue weighted by Crippen LogP contribution is -2.25. The fraction of sp³-hybridized carbons (Fsp3) is 0.348. The van der Waals surface area contributed by atoms with E-state index in [2.05, 4.69) is 30.3 Å². The van der Waals surface area contributed by atoms with Crippen molar-refractivity contribution in [3.05, 3.63) is 54.1 Å². The van der Waals surface area contributed by atoms with Crippen LogP contribution in [0, 0.1) is 5.92 Å². The largest absolute Gasteiger partial charge is 0.438 e. The van der Waals surface area contributed by atoms with Crippen molar-refractivity contribution in [2.45, 2.75) is 44.6 Å². The Hall–Kier alpha value is -2.04. The smallest absolute Gasteiger partial charge is 0.310 e. The van der Waals surface area contributed by atoms with Crippen LogP contribution in [-0.4, -0.2) is 12.8 Å². The average molecular weight is 383 g/mol. The molecular formula is C23H26O3S. The van der Waals surface area contributed by atoms with Crippen LogP contribution in [0.3, 0.4) is 0 Å². The molecule has 0 spiro atoms. The lowest BCUT2D eigenvalue weighted by molar-refractivity contribution is -0.174. The van der Waals surface area contributed by atoms with E-state index in [0.717, 1.165) is 27.7 Å². The zero-order valence-corrected chi connectivity index (χ0v) is 17.2. The third kappa shape index (κ3) is 4.12. The molecular weight excluding hydrogens is 356 g/mol. The molecule has 142 valence electrons.